The number of unbranched alkanes of at least 4 members (excludes halogenated alkanes) is 3. The van der Waals surface area contributed by atoms with Crippen LogP contribution in [0.3, 0.4) is 0 Å². The molecule has 0 spiro atoms. The van der Waals surface area contributed by atoms with E-state index < -0.39 is 0 Å². The van der Waals surface area contributed by atoms with Crippen molar-refractivity contribution in [2.45, 2.75) is 90.5 Å². The van der Waals surface area contributed by atoms with E-state index in [1.165, 1.54) is 58.2 Å². The fourth-order valence-electron chi connectivity index (χ4n) is 5.68. The molecule has 1 N–H and O–H groups in total. The van der Waals surface area contributed by atoms with Crippen molar-refractivity contribution in [3.63, 3.8) is 0 Å². The number of piperidine rings is 1. The molecule has 0 saturated carbocycles. The van der Waals surface area contributed by atoms with Gasteiger partial charge in [0.2, 0.25) is 0 Å². The van der Waals surface area contributed by atoms with Gasteiger partial charge in [-0.1, -0.05) is 33.1 Å². The van der Waals surface area contributed by atoms with Crippen LogP contribution in [0.1, 0.15) is 83.9 Å². The molecule has 206 valence electrons. The molecule has 2 aliphatic rings. The number of aromatic nitrogens is 2. The van der Waals surface area contributed by atoms with Crippen molar-refractivity contribution >= 4 is 16.7 Å². The number of fused-ring (bicyclic) bond motifs is 1. The van der Waals surface area contributed by atoms with Gasteiger partial charge in [0.15, 0.2) is 11.5 Å². The molecule has 4 rings (SSSR count). The first-order valence-corrected chi connectivity index (χ1v) is 14.9. The van der Waals surface area contributed by atoms with Crippen molar-refractivity contribution in [1.29, 1.82) is 0 Å². The van der Waals surface area contributed by atoms with Crippen molar-refractivity contribution in [3.05, 3.63) is 18.0 Å². The summed E-state index contributed by atoms with van der Waals surface area (Å²) in [4.78, 5) is 15.1. The fraction of sp³-hybridized carbons (Fsp3) is 0.733. The highest BCUT2D eigenvalue weighted by atomic mass is 16.5. The minimum Gasteiger partial charge on any atom is -0.493 e. The van der Waals surface area contributed by atoms with Crippen LogP contribution in [-0.4, -0.2) is 78.8 Å². The Hall–Kier alpha value is -2.12. The first kappa shape index (κ1) is 27.9. The largest absolute Gasteiger partial charge is 0.493 e. The minimum absolute atomic E-state index is 0.437. The summed E-state index contributed by atoms with van der Waals surface area (Å²) >= 11 is 0. The lowest BCUT2D eigenvalue weighted by Crippen LogP contribution is -2.39. The zero-order valence-electron chi connectivity index (χ0n) is 23.6. The SMILES string of the molecule is CCCCCCc1nc(NC2CCN(CCC)CC2)c2cc(OC)c(OCCCN3CCCC3)cc2n1. The monoisotopic (exact) mass is 511 g/mol. The highest BCUT2D eigenvalue weighted by molar-refractivity contribution is 5.92. The lowest BCUT2D eigenvalue weighted by Gasteiger charge is -2.32. The molecule has 0 radical (unpaired) electrons. The molecule has 0 aliphatic carbocycles. The van der Waals surface area contributed by atoms with Gasteiger partial charge in [-0.3, -0.25) is 0 Å². The Labute approximate surface area is 224 Å². The van der Waals surface area contributed by atoms with Gasteiger partial charge in [0.05, 0.1) is 19.2 Å². The lowest BCUT2D eigenvalue weighted by atomic mass is 10.0. The summed E-state index contributed by atoms with van der Waals surface area (Å²) in [5, 5.41) is 4.83. The summed E-state index contributed by atoms with van der Waals surface area (Å²) in [6, 6.07) is 4.57. The van der Waals surface area contributed by atoms with Gasteiger partial charge in [-0.05, 0) is 70.6 Å². The first-order valence-electron chi connectivity index (χ1n) is 14.9. The number of rotatable bonds is 15. The topological polar surface area (TPSA) is 62.8 Å². The molecule has 2 saturated heterocycles. The van der Waals surface area contributed by atoms with E-state index in [0.717, 1.165) is 85.8 Å². The molecule has 1 aromatic carbocycles. The molecule has 2 aromatic rings. The van der Waals surface area contributed by atoms with Gasteiger partial charge in [-0.2, -0.15) is 0 Å². The number of ether oxygens (including phenoxy) is 2. The van der Waals surface area contributed by atoms with Crippen molar-refractivity contribution in [1.82, 2.24) is 19.8 Å². The van der Waals surface area contributed by atoms with Crippen LogP contribution in [0.15, 0.2) is 12.1 Å². The van der Waals surface area contributed by atoms with Crippen LogP contribution in [0.25, 0.3) is 10.9 Å². The van der Waals surface area contributed by atoms with E-state index in [1.807, 2.05) is 0 Å². The predicted octanol–water partition coefficient (Wildman–Crippen LogP) is 5.91. The minimum atomic E-state index is 0.437. The average Bonchev–Trinajstić information content (AvgIpc) is 3.44. The molecule has 37 heavy (non-hydrogen) atoms. The third kappa shape index (κ3) is 8.18. The van der Waals surface area contributed by atoms with Crippen LogP contribution in [-0.2, 0) is 6.42 Å². The molecular formula is C30H49N5O2. The van der Waals surface area contributed by atoms with Gasteiger partial charge in [0.1, 0.15) is 11.6 Å². The third-order valence-electron chi connectivity index (χ3n) is 7.82. The Morgan fingerprint density at radius 1 is 0.865 bits per heavy atom. The van der Waals surface area contributed by atoms with Crippen molar-refractivity contribution < 1.29 is 9.47 Å². The summed E-state index contributed by atoms with van der Waals surface area (Å²) < 4.78 is 12.0. The maximum atomic E-state index is 6.24. The molecule has 0 amide bonds. The molecule has 0 bridgehead atoms. The van der Waals surface area contributed by atoms with Gasteiger partial charge < -0.3 is 24.6 Å². The molecule has 0 atom stereocenters. The highest BCUT2D eigenvalue weighted by Crippen LogP contribution is 2.35. The zero-order chi connectivity index (χ0) is 25.9. The zero-order valence-corrected chi connectivity index (χ0v) is 23.6. The molecule has 1 aromatic heterocycles. The number of nitrogens with one attached hydrogen (secondary N) is 1. The molecule has 7 nitrogen and oxygen atoms in total. The van der Waals surface area contributed by atoms with Crippen molar-refractivity contribution in [3.8, 4) is 11.5 Å². The summed E-state index contributed by atoms with van der Waals surface area (Å²) in [6.07, 6.45) is 13.0. The van der Waals surface area contributed by atoms with Crippen LogP contribution in [0.2, 0.25) is 0 Å². The molecular weight excluding hydrogens is 462 g/mol. The van der Waals surface area contributed by atoms with Crippen LogP contribution in [0.5, 0.6) is 11.5 Å². The number of benzene rings is 1. The summed E-state index contributed by atoms with van der Waals surface area (Å²) in [6.45, 7) is 12.3. The van der Waals surface area contributed by atoms with Crippen LogP contribution >= 0.6 is 0 Å². The third-order valence-corrected chi connectivity index (χ3v) is 7.82. The number of hydrogen-bond acceptors (Lipinski definition) is 7. The van der Waals surface area contributed by atoms with E-state index in [1.54, 1.807) is 7.11 Å². The first-order chi connectivity index (χ1) is 18.2. The maximum Gasteiger partial charge on any atom is 0.163 e. The Morgan fingerprint density at radius 3 is 2.38 bits per heavy atom. The predicted molar refractivity (Wildman–Crippen MR) is 153 cm³/mol. The van der Waals surface area contributed by atoms with E-state index in [2.05, 4.69) is 41.1 Å². The highest BCUT2D eigenvalue weighted by Gasteiger charge is 2.21. The maximum absolute atomic E-state index is 6.24. The van der Waals surface area contributed by atoms with Crippen molar-refractivity contribution in [2.24, 2.45) is 0 Å². The van der Waals surface area contributed by atoms with E-state index in [9.17, 15) is 0 Å². The van der Waals surface area contributed by atoms with Gasteiger partial charge in [-0.15, -0.1) is 0 Å². The Balaban J connectivity index is 1.50. The van der Waals surface area contributed by atoms with E-state index in [-0.39, 0.29) is 0 Å². The second kappa shape index (κ2) is 14.7. The normalized spacial score (nSPS) is 17.5. The lowest BCUT2D eigenvalue weighted by molar-refractivity contribution is 0.219. The van der Waals surface area contributed by atoms with Crippen LogP contribution in [0.4, 0.5) is 5.82 Å². The van der Waals surface area contributed by atoms with Crippen LogP contribution in [0, 0.1) is 0 Å². The van der Waals surface area contributed by atoms with Gasteiger partial charge in [-0.25, -0.2) is 9.97 Å². The number of methoxy groups -OCH3 is 1. The number of anilines is 1. The Morgan fingerprint density at radius 2 is 1.65 bits per heavy atom. The number of likely N-dealkylation sites (tertiary alicyclic amines) is 2. The van der Waals surface area contributed by atoms with Crippen LogP contribution < -0.4 is 14.8 Å². The molecule has 0 unspecified atom stereocenters. The summed E-state index contributed by atoms with van der Waals surface area (Å²) in [5.74, 6) is 3.42. The Kier molecular flexibility index (Phi) is 11.1. The smallest absolute Gasteiger partial charge is 0.163 e. The molecule has 7 heteroatoms. The Bertz CT molecular complexity index is 955. The average molecular weight is 512 g/mol. The quantitative estimate of drug-likeness (QED) is 0.298. The number of aryl methyl sites for hydroxylation is 1. The summed E-state index contributed by atoms with van der Waals surface area (Å²) in [7, 11) is 1.72. The summed E-state index contributed by atoms with van der Waals surface area (Å²) in [5.41, 5.74) is 0.946. The molecule has 2 aliphatic heterocycles. The van der Waals surface area contributed by atoms with Gasteiger partial charge in [0.25, 0.3) is 0 Å². The van der Waals surface area contributed by atoms with Crippen molar-refractivity contribution in [2.75, 3.05) is 58.3 Å². The van der Waals surface area contributed by atoms with E-state index in [4.69, 9.17) is 19.4 Å². The number of nitrogens with zero attached hydrogens (tertiary/aromatic N) is 4. The van der Waals surface area contributed by atoms with Gasteiger partial charge in [0, 0.05) is 43.5 Å². The second-order valence-corrected chi connectivity index (χ2v) is 10.8. The fourth-order valence-corrected chi connectivity index (χ4v) is 5.68. The second-order valence-electron chi connectivity index (χ2n) is 10.8. The number of hydrogen-bond donors (Lipinski definition) is 1. The van der Waals surface area contributed by atoms with E-state index in [0.29, 0.717) is 12.6 Å². The van der Waals surface area contributed by atoms with E-state index >= 15 is 0 Å². The molecule has 3 heterocycles. The standard InChI is InChI=1S/C30H49N5O2/c1-4-6-7-8-12-29-32-26-23-28(37-21-11-18-35-16-9-10-17-35)27(36-3)22-25(26)30(33-29)31-24-13-19-34(15-5-2)20-14-24/h22-24H,4-21H2,1-3H3,(H,31,32,33). The van der Waals surface area contributed by atoms with Gasteiger partial charge >= 0.3 is 0 Å². The molecule has 2 fully saturated rings.